The predicted octanol–water partition coefficient (Wildman–Crippen LogP) is 3.54. The number of carbonyl (C=O) groups is 1. The molecule has 1 N–H and O–H groups in total. The Bertz CT molecular complexity index is 711. The highest BCUT2D eigenvalue weighted by Gasteiger charge is 2.26. The van der Waals surface area contributed by atoms with Crippen molar-refractivity contribution in [3.05, 3.63) is 65.7 Å². The van der Waals surface area contributed by atoms with E-state index < -0.39 is 6.10 Å². The van der Waals surface area contributed by atoms with E-state index in [0.717, 1.165) is 25.3 Å². The second kappa shape index (κ2) is 8.86. The van der Waals surface area contributed by atoms with Gasteiger partial charge in [-0.2, -0.15) is 0 Å². The molecule has 4 nitrogen and oxygen atoms in total. The molecule has 1 heterocycles. The first-order valence-electron chi connectivity index (χ1n) is 9.42. The molecule has 0 radical (unpaired) electrons. The van der Waals surface area contributed by atoms with E-state index in [1.54, 1.807) is 0 Å². The second-order valence-electron chi connectivity index (χ2n) is 7.01. The lowest BCUT2D eigenvalue weighted by Crippen LogP contribution is -2.45. The summed E-state index contributed by atoms with van der Waals surface area (Å²) in [5, 5.41) is 3.50. The van der Waals surface area contributed by atoms with Crippen molar-refractivity contribution in [3.8, 4) is 5.75 Å². The highest BCUT2D eigenvalue weighted by atomic mass is 16.5. The highest BCUT2D eigenvalue weighted by molar-refractivity contribution is 5.81. The van der Waals surface area contributed by atoms with E-state index in [1.807, 2.05) is 54.3 Å². The summed E-state index contributed by atoms with van der Waals surface area (Å²) >= 11 is 0. The Balaban J connectivity index is 1.72. The summed E-state index contributed by atoms with van der Waals surface area (Å²) in [5.41, 5.74) is 2.40. The summed E-state index contributed by atoms with van der Waals surface area (Å²) in [4.78, 5) is 15.1. The van der Waals surface area contributed by atoms with Crippen LogP contribution in [0.15, 0.2) is 54.6 Å². The van der Waals surface area contributed by atoms with Crippen molar-refractivity contribution >= 4 is 5.91 Å². The quantitative estimate of drug-likeness (QED) is 0.829. The van der Waals surface area contributed by atoms with Gasteiger partial charge in [-0.05, 0) is 56.5 Å². The minimum atomic E-state index is -0.511. The molecule has 1 unspecified atom stereocenters. The molecule has 1 aliphatic heterocycles. The van der Waals surface area contributed by atoms with Crippen molar-refractivity contribution in [2.24, 2.45) is 0 Å². The SMILES string of the molecule is Cc1ccccc1CN(CC1CCCN1)C(=O)[C@H](C)Oc1ccccc1. The van der Waals surface area contributed by atoms with Gasteiger partial charge < -0.3 is 15.0 Å². The van der Waals surface area contributed by atoms with Crippen molar-refractivity contribution in [1.82, 2.24) is 10.2 Å². The average molecular weight is 352 g/mol. The van der Waals surface area contributed by atoms with Gasteiger partial charge in [0.2, 0.25) is 0 Å². The van der Waals surface area contributed by atoms with Gasteiger partial charge in [0.15, 0.2) is 6.10 Å². The van der Waals surface area contributed by atoms with Gasteiger partial charge in [-0.25, -0.2) is 0 Å². The number of aryl methyl sites for hydroxylation is 1. The Morgan fingerprint density at radius 2 is 1.92 bits per heavy atom. The third kappa shape index (κ3) is 4.85. The van der Waals surface area contributed by atoms with Crippen LogP contribution in [0, 0.1) is 6.92 Å². The van der Waals surface area contributed by atoms with E-state index in [-0.39, 0.29) is 5.91 Å². The molecular weight excluding hydrogens is 324 g/mol. The number of nitrogens with zero attached hydrogens (tertiary/aromatic N) is 1. The Labute approximate surface area is 156 Å². The van der Waals surface area contributed by atoms with E-state index in [0.29, 0.717) is 12.6 Å². The first kappa shape index (κ1) is 18.5. The highest BCUT2D eigenvalue weighted by Crippen LogP contribution is 2.17. The molecule has 1 amide bonds. The largest absolute Gasteiger partial charge is 0.481 e. The predicted molar refractivity (Wildman–Crippen MR) is 104 cm³/mol. The minimum Gasteiger partial charge on any atom is -0.481 e. The van der Waals surface area contributed by atoms with Crippen molar-refractivity contribution in [1.29, 1.82) is 0 Å². The normalized spacial score (nSPS) is 17.7. The molecule has 2 aromatic rings. The topological polar surface area (TPSA) is 41.6 Å². The van der Waals surface area contributed by atoms with Crippen molar-refractivity contribution in [3.63, 3.8) is 0 Å². The zero-order valence-electron chi connectivity index (χ0n) is 15.7. The van der Waals surface area contributed by atoms with E-state index in [1.165, 1.54) is 17.5 Å². The number of ether oxygens (including phenoxy) is 1. The molecule has 2 atom stereocenters. The van der Waals surface area contributed by atoms with Gasteiger partial charge in [0, 0.05) is 19.1 Å². The van der Waals surface area contributed by atoms with E-state index in [9.17, 15) is 4.79 Å². The van der Waals surface area contributed by atoms with Gasteiger partial charge in [0.25, 0.3) is 5.91 Å². The lowest BCUT2D eigenvalue weighted by molar-refractivity contribution is -0.139. The fourth-order valence-corrected chi connectivity index (χ4v) is 3.41. The monoisotopic (exact) mass is 352 g/mol. The molecule has 1 aliphatic rings. The maximum atomic E-state index is 13.1. The second-order valence-corrected chi connectivity index (χ2v) is 7.01. The number of nitrogens with one attached hydrogen (secondary N) is 1. The van der Waals surface area contributed by atoms with Crippen LogP contribution in [0.3, 0.4) is 0 Å². The molecule has 138 valence electrons. The molecule has 0 aliphatic carbocycles. The number of carbonyl (C=O) groups excluding carboxylic acids is 1. The maximum absolute atomic E-state index is 13.1. The fraction of sp³-hybridized carbons (Fsp3) is 0.409. The number of rotatable bonds is 7. The number of hydrogen-bond acceptors (Lipinski definition) is 3. The Hall–Kier alpha value is -2.33. The minimum absolute atomic E-state index is 0.0332. The molecule has 0 spiro atoms. The molecule has 0 aromatic heterocycles. The van der Waals surface area contributed by atoms with Crippen LogP contribution in [0.1, 0.15) is 30.9 Å². The zero-order chi connectivity index (χ0) is 18.4. The lowest BCUT2D eigenvalue weighted by atomic mass is 10.1. The summed E-state index contributed by atoms with van der Waals surface area (Å²) < 4.78 is 5.88. The smallest absolute Gasteiger partial charge is 0.263 e. The molecule has 3 rings (SSSR count). The van der Waals surface area contributed by atoms with Crippen LogP contribution in [0.2, 0.25) is 0 Å². The first-order chi connectivity index (χ1) is 12.6. The number of para-hydroxylation sites is 1. The summed E-state index contributed by atoms with van der Waals surface area (Å²) in [6.07, 6.45) is 1.78. The lowest BCUT2D eigenvalue weighted by Gasteiger charge is -2.29. The Morgan fingerprint density at radius 1 is 1.19 bits per heavy atom. The van der Waals surface area contributed by atoms with Gasteiger partial charge in [0.05, 0.1) is 0 Å². The molecule has 0 saturated carbocycles. The van der Waals surface area contributed by atoms with Crippen LogP contribution in [0.25, 0.3) is 0 Å². The maximum Gasteiger partial charge on any atom is 0.263 e. The van der Waals surface area contributed by atoms with Gasteiger partial charge in [-0.1, -0.05) is 42.5 Å². The molecule has 0 bridgehead atoms. The fourth-order valence-electron chi connectivity index (χ4n) is 3.41. The van der Waals surface area contributed by atoms with E-state index in [4.69, 9.17) is 4.74 Å². The molecule has 1 saturated heterocycles. The van der Waals surface area contributed by atoms with Crippen LogP contribution in [-0.2, 0) is 11.3 Å². The summed E-state index contributed by atoms with van der Waals surface area (Å²) in [7, 11) is 0. The number of hydrogen-bond donors (Lipinski definition) is 1. The third-order valence-electron chi connectivity index (χ3n) is 4.94. The van der Waals surface area contributed by atoms with Crippen LogP contribution in [0.5, 0.6) is 5.75 Å². The molecule has 4 heteroatoms. The number of amides is 1. The van der Waals surface area contributed by atoms with Gasteiger partial charge >= 0.3 is 0 Å². The van der Waals surface area contributed by atoms with Crippen molar-refractivity contribution in [2.45, 2.75) is 45.4 Å². The summed E-state index contributed by atoms with van der Waals surface area (Å²) in [6, 6.07) is 18.2. The molecule has 2 aromatic carbocycles. The number of benzene rings is 2. The Morgan fingerprint density at radius 3 is 2.62 bits per heavy atom. The standard InChI is InChI=1S/C22H28N2O2/c1-17-9-6-7-10-19(17)15-24(16-20-11-8-14-23-20)22(25)18(2)26-21-12-4-3-5-13-21/h3-7,9-10,12-13,18,20,23H,8,11,14-16H2,1-2H3/t18-,20?/m0/s1. The van der Waals surface area contributed by atoms with Gasteiger partial charge in [-0.3, -0.25) is 4.79 Å². The third-order valence-corrected chi connectivity index (χ3v) is 4.94. The molecule has 26 heavy (non-hydrogen) atoms. The first-order valence-corrected chi connectivity index (χ1v) is 9.42. The summed E-state index contributed by atoms with van der Waals surface area (Å²) in [5.74, 6) is 0.758. The van der Waals surface area contributed by atoms with Crippen LogP contribution >= 0.6 is 0 Å². The average Bonchev–Trinajstić information content (AvgIpc) is 3.16. The van der Waals surface area contributed by atoms with Gasteiger partial charge in [-0.15, -0.1) is 0 Å². The molecular formula is C22H28N2O2. The zero-order valence-corrected chi connectivity index (χ0v) is 15.7. The molecule has 1 fully saturated rings. The van der Waals surface area contributed by atoms with E-state index in [2.05, 4.69) is 24.4 Å². The van der Waals surface area contributed by atoms with E-state index >= 15 is 0 Å². The van der Waals surface area contributed by atoms with Crippen LogP contribution in [-0.4, -0.2) is 36.0 Å². The van der Waals surface area contributed by atoms with Gasteiger partial charge in [0.1, 0.15) is 5.75 Å². The van der Waals surface area contributed by atoms with Crippen LogP contribution < -0.4 is 10.1 Å². The van der Waals surface area contributed by atoms with Crippen molar-refractivity contribution < 1.29 is 9.53 Å². The summed E-state index contributed by atoms with van der Waals surface area (Å²) in [6.45, 7) is 6.30. The van der Waals surface area contributed by atoms with Crippen LogP contribution in [0.4, 0.5) is 0 Å². The Kier molecular flexibility index (Phi) is 6.29. The van der Waals surface area contributed by atoms with Crippen molar-refractivity contribution in [2.75, 3.05) is 13.1 Å².